The van der Waals surface area contributed by atoms with Gasteiger partial charge in [-0.1, -0.05) is 24.3 Å². The van der Waals surface area contributed by atoms with Crippen molar-refractivity contribution >= 4 is 0 Å². The smallest absolute Gasteiger partial charge is 0.328 e. The van der Waals surface area contributed by atoms with Crippen molar-refractivity contribution in [3.8, 4) is 11.4 Å². The molecule has 1 saturated heterocycles. The number of hydrogen-bond acceptors (Lipinski definition) is 2. The molecule has 0 bridgehead atoms. The number of benzene rings is 1. The van der Waals surface area contributed by atoms with Crippen LogP contribution in [0.5, 0.6) is 0 Å². The SMILES string of the molecule is CC(C)n1cc(C(F)(F)F)nc1-c1ccc([C@@H]2CCCN2)cc1. The van der Waals surface area contributed by atoms with Crippen molar-refractivity contribution < 1.29 is 13.2 Å². The van der Waals surface area contributed by atoms with Gasteiger partial charge in [-0.25, -0.2) is 4.98 Å². The maximum atomic E-state index is 12.9. The van der Waals surface area contributed by atoms with Crippen LogP contribution in [0, 0.1) is 0 Å². The van der Waals surface area contributed by atoms with Gasteiger partial charge < -0.3 is 9.88 Å². The van der Waals surface area contributed by atoms with Crippen molar-refractivity contribution in [2.24, 2.45) is 0 Å². The summed E-state index contributed by atoms with van der Waals surface area (Å²) in [4.78, 5) is 3.82. The zero-order chi connectivity index (χ0) is 16.6. The van der Waals surface area contributed by atoms with Crippen LogP contribution in [0.3, 0.4) is 0 Å². The molecule has 0 spiro atoms. The topological polar surface area (TPSA) is 29.9 Å². The van der Waals surface area contributed by atoms with Crippen LogP contribution in [-0.2, 0) is 6.18 Å². The Kier molecular flexibility index (Phi) is 4.19. The molecular weight excluding hydrogens is 303 g/mol. The van der Waals surface area contributed by atoms with Crippen LogP contribution < -0.4 is 5.32 Å². The van der Waals surface area contributed by atoms with E-state index in [1.165, 1.54) is 5.56 Å². The Balaban J connectivity index is 1.95. The molecule has 6 heteroatoms. The van der Waals surface area contributed by atoms with Gasteiger partial charge in [0.05, 0.1) is 0 Å². The van der Waals surface area contributed by atoms with Gasteiger partial charge in [0, 0.05) is 23.8 Å². The van der Waals surface area contributed by atoms with E-state index in [-0.39, 0.29) is 6.04 Å². The van der Waals surface area contributed by atoms with Gasteiger partial charge >= 0.3 is 6.18 Å². The van der Waals surface area contributed by atoms with Crippen LogP contribution in [0.15, 0.2) is 30.5 Å². The lowest BCUT2D eigenvalue weighted by Crippen LogP contribution is -2.12. The molecule has 1 N–H and O–H groups in total. The second-order valence-electron chi connectivity index (χ2n) is 6.22. The molecule has 23 heavy (non-hydrogen) atoms. The van der Waals surface area contributed by atoms with Crippen molar-refractivity contribution in [2.75, 3.05) is 6.54 Å². The molecule has 0 unspecified atom stereocenters. The third kappa shape index (κ3) is 3.27. The van der Waals surface area contributed by atoms with E-state index < -0.39 is 11.9 Å². The van der Waals surface area contributed by atoms with E-state index in [9.17, 15) is 13.2 Å². The number of nitrogens with one attached hydrogen (secondary N) is 1. The largest absolute Gasteiger partial charge is 0.434 e. The standard InChI is InChI=1S/C17H20F3N3/c1-11(2)23-10-15(17(18,19)20)22-16(23)13-7-5-12(6-8-13)14-4-3-9-21-14/h5-8,10-11,14,21H,3-4,9H2,1-2H3/t14-/m0/s1. The number of imidazole rings is 1. The normalized spacial score (nSPS) is 18.8. The lowest BCUT2D eigenvalue weighted by Gasteiger charge is -2.13. The highest BCUT2D eigenvalue weighted by atomic mass is 19.4. The Labute approximate surface area is 133 Å². The minimum absolute atomic E-state index is 0.0928. The van der Waals surface area contributed by atoms with E-state index in [1.807, 2.05) is 38.1 Å². The van der Waals surface area contributed by atoms with Gasteiger partial charge in [-0.2, -0.15) is 13.2 Å². The molecule has 1 aliphatic rings. The van der Waals surface area contributed by atoms with E-state index in [0.29, 0.717) is 17.4 Å². The van der Waals surface area contributed by atoms with Gasteiger partial charge in [0.15, 0.2) is 5.69 Å². The van der Waals surface area contributed by atoms with Crippen molar-refractivity contribution in [1.82, 2.24) is 14.9 Å². The van der Waals surface area contributed by atoms with Gasteiger partial charge in [-0.15, -0.1) is 0 Å². The molecule has 0 radical (unpaired) electrons. The molecule has 3 nitrogen and oxygen atoms in total. The molecule has 3 rings (SSSR count). The predicted octanol–water partition coefficient (Wildman–Crippen LogP) is 4.57. The maximum absolute atomic E-state index is 12.9. The van der Waals surface area contributed by atoms with Crippen LogP contribution >= 0.6 is 0 Å². The zero-order valence-electron chi connectivity index (χ0n) is 13.2. The van der Waals surface area contributed by atoms with Crippen LogP contribution in [0.2, 0.25) is 0 Å². The molecule has 1 fully saturated rings. The van der Waals surface area contributed by atoms with E-state index >= 15 is 0 Å². The van der Waals surface area contributed by atoms with E-state index in [4.69, 9.17) is 0 Å². The van der Waals surface area contributed by atoms with Crippen LogP contribution in [0.25, 0.3) is 11.4 Å². The first-order valence-electron chi connectivity index (χ1n) is 7.86. The lowest BCUT2D eigenvalue weighted by molar-refractivity contribution is -0.140. The number of hydrogen-bond donors (Lipinski definition) is 1. The summed E-state index contributed by atoms with van der Waals surface area (Å²) < 4.78 is 40.4. The van der Waals surface area contributed by atoms with Crippen molar-refractivity contribution in [3.05, 3.63) is 41.7 Å². The first-order chi connectivity index (χ1) is 10.9. The summed E-state index contributed by atoms with van der Waals surface area (Å²) in [5, 5.41) is 3.42. The van der Waals surface area contributed by atoms with Gasteiger partial charge in [-0.05, 0) is 38.8 Å². The van der Waals surface area contributed by atoms with E-state index in [2.05, 4.69) is 10.3 Å². The molecule has 1 aromatic heterocycles. The molecule has 1 aliphatic heterocycles. The van der Waals surface area contributed by atoms with Crippen LogP contribution in [0.1, 0.15) is 50.0 Å². The highest BCUT2D eigenvalue weighted by Gasteiger charge is 2.35. The molecule has 2 aromatic rings. The molecular formula is C17H20F3N3. The van der Waals surface area contributed by atoms with Crippen molar-refractivity contribution in [1.29, 1.82) is 0 Å². The fourth-order valence-electron chi connectivity index (χ4n) is 2.97. The third-order valence-electron chi connectivity index (χ3n) is 4.21. The lowest BCUT2D eigenvalue weighted by atomic mass is 10.0. The van der Waals surface area contributed by atoms with Crippen LogP contribution in [-0.4, -0.2) is 16.1 Å². The number of rotatable bonds is 3. The average Bonchev–Trinajstić information content (AvgIpc) is 3.16. The summed E-state index contributed by atoms with van der Waals surface area (Å²) in [5.41, 5.74) is 1.03. The molecule has 0 aliphatic carbocycles. The number of alkyl halides is 3. The Morgan fingerprint density at radius 2 is 1.91 bits per heavy atom. The summed E-state index contributed by atoms with van der Waals surface area (Å²) in [7, 11) is 0. The van der Waals surface area contributed by atoms with E-state index in [0.717, 1.165) is 25.6 Å². The second kappa shape index (κ2) is 6.00. The monoisotopic (exact) mass is 323 g/mol. The average molecular weight is 323 g/mol. The summed E-state index contributed by atoms with van der Waals surface area (Å²) in [6.45, 7) is 4.71. The van der Waals surface area contributed by atoms with Gasteiger partial charge in [0.25, 0.3) is 0 Å². The minimum atomic E-state index is -4.43. The van der Waals surface area contributed by atoms with Gasteiger partial charge in [-0.3, -0.25) is 0 Å². The summed E-state index contributed by atoms with van der Waals surface area (Å²) in [6.07, 6.45) is -1.09. The van der Waals surface area contributed by atoms with Gasteiger partial charge in [0.1, 0.15) is 5.82 Å². The summed E-state index contributed by atoms with van der Waals surface area (Å²) in [5.74, 6) is 0.359. The minimum Gasteiger partial charge on any atom is -0.328 e. The quantitative estimate of drug-likeness (QED) is 0.896. The number of nitrogens with zero attached hydrogens (tertiary/aromatic N) is 2. The van der Waals surface area contributed by atoms with Crippen molar-refractivity contribution in [2.45, 2.75) is 44.9 Å². The van der Waals surface area contributed by atoms with E-state index in [1.54, 1.807) is 4.57 Å². The third-order valence-corrected chi connectivity index (χ3v) is 4.21. The molecule has 1 aromatic carbocycles. The Morgan fingerprint density at radius 1 is 1.22 bits per heavy atom. The highest BCUT2D eigenvalue weighted by molar-refractivity contribution is 5.57. The fraction of sp³-hybridized carbons (Fsp3) is 0.471. The molecule has 0 amide bonds. The molecule has 2 heterocycles. The second-order valence-corrected chi connectivity index (χ2v) is 6.22. The zero-order valence-corrected chi connectivity index (χ0v) is 13.2. The summed E-state index contributed by atoms with van der Waals surface area (Å²) in [6, 6.07) is 7.92. The van der Waals surface area contributed by atoms with Gasteiger partial charge in [0.2, 0.25) is 0 Å². The highest BCUT2D eigenvalue weighted by Crippen LogP contribution is 2.33. The van der Waals surface area contributed by atoms with Crippen molar-refractivity contribution in [3.63, 3.8) is 0 Å². The first kappa shape index (κ1) is 16.1. The number of halogens is 3. The molecule has 1 atom stereocenters. The molecule has 0 saturated carbocycles. The maximum Gasteiger partial charge on any atom is 0.434 e. The molecule has 124 valence electrons. The first-order valence-corrected chi connectivity index (χ1v) is 7.86. The Bertz CT molecular complexity index is 665. The van der Waals surface area contributed by atoms with Crippen LogP contribution in [0.4, 0.5) is 13.2 Å². The predicted molar refractivity (Wildman–Crippen MR) is 83.0 cm³/mol. The summed E-state index contributed by atoms with van der Waals surface area (Å²) >= 11 is 0. The number of aromatic nitrogens is 2. The fourth-order valence-corrected chi connectivity index (χ4v) is 2.97. The Morgan fingerprint density at radius 3 is 2.43 bits per heavy atom. The Hall–Kier alpha value is -1.82.